The Morgan fingerprint density at radius 1 is 1.35 bits per heavy atom. The van der Waals surface area contributed by atoms with Crippen LogP contribution >= 0.6 is 11.6 Å². The number of benzene rings is 1. The predicted molar refractivity (Wildman–Crippen MR) is 85.9 cm³/mol. The van der Waals surface area contributed by atoms with Gasteiger partial charge in [0.15, 0.2) is 5.84 Å². The summed E-state index contributed by atoms with van der Waals surface area (Å²) in [6.45, 7) is 8.28. The van der Waals surface area contributed by atoms with Crippen LogP contribution in [0.2, 0.25) is 5.02 Å². The minimum atomic E-state index is 0.0496. The lowest BCUT2D eigenvalue weighted by atomic mass is 10.0. The summed E-state index contributed by atoms with van der Waals surface area (Å²) in [5.74, 6) is 0.669. The number of amidine groups is 1. The van der Waals surface area contributed by atoms with Crippen molar-refractivity contribution in [2.75, 3.05) is 18.0 Å². The maximum atomic E-state index is 8.95. The van der Waals surface area contributed by atoms with Crippen molar-refractivity contribution in [2.24, 2.45) is 16.8 Å². The second-order valence-electron chi connectivity index (χ2n) is 4.84. The van der Waals surface area contributed by atoms with Crippen molar-refractivity contribution >= 4 is 23.1 Å². The third kappa shape index (κ3) is 3.79. The number of hydrogen-bond acceptors (Lipinski definition) is 3. The standard InChI is InChI=1S/C15H24ClN3O/c1-4-11(5-2)10-19(6-3)13-9-7-8-12(16)14(13)15(17)18-20/h7-9,11,20H,4-6,10H2,1-3H3,(H2,17,18). The lowest BCUT2D eigenvalue weighted by molar-refractivity contribution is 0.318. The van der Waals surface area contributed by atoms with Crippen LogP contribution in [0.4, 0.5) is 5.69 Å². The van der Waals surface area contributed by atoms with Crippen LogP contribution in [0.15, 0.2) is 23.4 Å². The lowest BCUT2D eigenvalue weighted by Gasteiger charge is -2.29. The Balaban J connectivity index is 3.18. The third-order valence-electron chi connectivity index (χ3n) is 3.71. The largest absolute Gasteiger partial charge is 0.409 e. The molecule has 3 N–H and O–H groups in total. The summed E-state index contributed by atoms with van der Waals surface area (Å²) in [5.41, 5.74) is 7.29. The summed E-state index contributed by atoms with van der Waals surface area (Å²) in [6, 6.07) is 5.61. The normalized spacial score (nSPS) is 11.9. The molecule has 0 radical (unpaired) electrons. The molecule has 0 aliphatic heterocycles. The number of anilines is 1. The third-order valence-corrected chi connectivity index (χ3v) is 4.03. The fraction of sp³-hybridized carbons (Fsp3) is 0.533. The van der Waals surface area contributed by atoms with Crippen LogP contribution < -0.4 is 10.6 Å². The Labute approximate surface area is 126 Å². The van der Waals surface area contributed by atoms with Gasteiger partial charge in [-0.1, -0.05) is 49.5 Å². The van der Waals surface area contributed by atoms with E-state index in [4.69, 9.17) is 22.5 Å². The Kier molecular flexibility index (Phi) is 6.65. The van der Waals surface area contributed by atoms with Gasteiger partial charge >= 0.3 is 0 Å². The van der Waals surface area contributed by atoms with Crippen LogP contribution in [0, 0.1) is 5.92 Å². The minimum absolute atomic E-state index is 0.0496. The summed E-state index contributed by atoms with van der Waals surface area (Å²) in [5, 5.41) is 12.6. The molecule has 0 spiro atoms. The predicted octanol–water partition coefficient (Wildman–Crippen LogP) is 3.70. The maximum Gasteiger partial charge on any atom is 0.173 e. The molecule has 0 unspecified atom stereocenters. The zero-order valence-corrected chi connectivity index (χ0v) is 13.2. The Hall–Kier alpha value is -1.42. The van der Waals surface area contributed by atoms with Gasteiger partial charge in [0.05, 0.1) is 10.6 Å². The molecular formula is C15H24ClN3O. The van der Waals surface area contributed by atoms with Crippen molar-refractivity contribution in [1.29, 1.82) is 0 Å². The molecule has 0 bridgehead atoms. The van der Waals surface area contributed by atoms with E-state index in [2.05, 4.69) is 30.8 Å². The van der Waals surface area contributed by atoms with Crippen molar-refractivity contribution < 1.29 is 5.21 Å². The number of hydrogen-bond donors (Lipinski definition) is 2. The first-order chi connectivity index (χ1) is 9.58. The molecule has 0 atom stereocenters. The number of oxime groups is 1. The highest BCUT2D eigenvalue weighted by Gasteiger charge is 2.18. The van der Waals surface area contributed by atoms with Gasteiger partial charge in [0.1, 0.15) is 0 Å². The molecule has 4 nitrogen and oxygen atoms in total. The molecule has 0 aliphatic carbocycles. The second kappa shape index (κ2) is 8.00. The Morgan fingerprint density at radius 2 is 2.00 bits per heavy atom. The van der Waals surface area contributed by atoms with Gasteiger partial charge in [-0.2, -0.15) is 0 Å². The number of nitrogens with two attached hydrogens (primary N) is 1. The monoisotopic (exact) mass is 297 g/mol. The number of rotatable bonds is 7. The van der Waals surface area contributed by atoms with Gasteiger partial charge in [-0.3, -0.25) is 0 Å². The van der Waals surface area contributed by atoms with E-state index in [1.165, 1.54) is 0 Å². The fourth-order valence-electron chi connectivity index (χ4n) is 2.34. The molecule has 1 aromatic carbocycles. The van der Waals surface area contributed by atoms with E-state index in [0.717, 1.165) is 31.6 Å². The quantitative estimate of drug-likeness (QED) is 0.349. The smallest absolute Gasteiger partial charge is 0.173 e. The van der Waals surface area contributed by atoms with Gasteiger partial charge in [-0.15, -0.1) is 0 Å². The first kappa shape index (κ1) is 16.6. The van der Waals surface area contributed by atoms with E-state index in [1.54, 1.807) is 6.07 Å². The Morgan fingerprint density at radius 3 is 2.50 bits per heavy atom. The van der Waals surface area contributed by atoms with Gasteiger partial charge in [0, 0.05) is 18.8 Å². The van der Waals surface area contributed by atoms with E-state index in [-0.39, 0.29) is 5.84 Å². The molecular weight excluding hydrogens is 274 g/mol. The molecule has 0 fully saturated rings. The topological polar surface area (TPSA) is 61.8 Å². The van der Waals surface area contributed by atoms with E-state index in [1.807, 2.05) is 12.1 Å². The van der Waals surface area contributed by atoms with Crippen LogP contribution in [0.1, 0.15) is 39.2 Å². The lowest BCUT2D eigenvalue weighted by Crippen LogP contribution is -2.31. The van der Waals surface area contributed by atoms with Gasteiger partial charge in [0.25, 0.3) is 0 Å². The summed E-state index contributed by atoms with van der Waals surface area (Å²) >= 11 is 6.21. The van der Waals surface area contributed by atoms with Crippen LogP contribution in [0.3, 0.4) is 0 Å². The average molecular weight is 298 g/mol. The highest BCUT2D eigenvalue weighted by molar-refractivity contribution is 6.34. The fourth-order valence-corrected chi connectivity index (χ4v) is 2.60. The van der Waals surface area contributed by atoms with Gasteiger partial charge in [-0.25, -0.2) is 0 Å². The molecule has 0 saturated heterocycles. The SMILES string of the molecule is CCC(CC)CN(CC)c1cccc(Cl)c1C(N)=NO. The highest BCUT2D eigenvalue weighted by atomic mass is 35.5. The van der Waals surface area contributed by atoms with E-state index in [0.29, 0.717) is 16.5 Å². The van der Waals surface area contributed by atoms with Crippen LogP contribution in [-0.4, -0.2) is 24.1 Å². The first-order valence-corrected chi connectivity index (χ1v) is 7.48. The van der Waals surface area contributed by atoms with Crippen molar-refractivity contribution in [2.45, 2.75) is 33.6 Å². The number of nitrogens with zero attached hydrogens (tertiary/aromatic N) is 2. The molecule has 1 aromatic rings. The van der Waals surface area contributed by atoms with Crippen molar-refractivity contribution in [3.8, 4) is 0 Å². The summed E-state index contributed by atoms with van der Waals surface area (Å²) < 4.78 is 0. The molecule has 5 heteroatoms. The zero-order valence-electron chi connectivity index (χ0n) is 12.4. The van der Waals surface area contributed by atoms with Crippen molar-refractivity contribution in [1.82, 2.24) is 0 Å². The second-order valence-corrected chi connectivity index (χ2v) is 5.25. The molecule has 0 aromatic heterocycles. The van der Waals surface area contributed by atoms with Crippen LogP contribution in [0.5, 0.6) is 0 Å². The van der Waals surface area contributed by atoms with Crippen molar-refractivity contribution in [3.63, 3.8) is 0 Å². The number of halogens is 1. The minimum Gasteiger partial charge on any atom is -0.409 e. The summed E-state index contributed by atoms with van der Waals surface area (Å²) in [4.78, 5) is 2.23. The maximum absolute atomic E-state index is 8.95. The molecule has 1 rings (SSSR count). The summed E-state index contributed by atoms with van der Waals surface area (Å²) in [7, 11) is 0. The Bertz CT molecular complexity index is 458. The van der Waals surface area contributed by atoms with Gasteiger partial charge in [0.2, 0.25) is 0 Å². The van der Waals surface area contributed by atoms with Crippen LogP contribution in [0.25, 0.3) is 0 Å². The molecule has 0 aliphatic rings. The zero-order chi connectivity index (χ0) is 15.1. The highest BCUT2D eigenvalue weighted by Crippen LogP contribution is 2.28. The van der Waals surface area contributed by atoms with E-state index in [9.17, 15) is 0 Å². The molecule has 0 amide bonds. The molecule has 112 valence electrons. The van der Waals surface area contributed by atoms with Crippen molar-refractivity contribution in [3.05, 3.63) is 28.8 Å². The van der Waals surface area contributed by atoms with E-state index >= 15 is 0 Å². The van der Waals surface area contributed by atoms with Gasteiger partial charge < -0.3 is 15.8 Å². The first-order valence-electron chi connectivity index (χ1n) is 7.10. The molecule has 20 heavy (non-hydrogen) atoms. The van der Waals surface area contributed by atoms with Crippen LogP contribution in [-0.2, 0) is 0 Å². The summed E-state index contributed by atoms with van der Waals surface area (Å²) in [6.07, 6.45) is 2.26. The average Bonchev–Trinajstić information content (AvgIpc) is 2.47. The van der Waals surface area contributed by atoms with Gasteiger partial charge in [-0.05, 0) is 25.0 Å². The molecule has 0 heterocycles. The van der Waals surface area contributed by atoms with E-state index < -0.39 is 0 Å². The molecule has 0 saturated carbocycles.